The van der Waals surface area contributed by atoms with Crippen LogP contribution in [0.5, 0.6) is 0 Å². The van der Waals surface area contributed by atoms with E-state index in [1.165, 1.54) is 13.0 Å². The van der Waals surface area contributed by atoms with Gasteiger partial charge in [0.1, 0.15) is 0 Å². The van der Waals surface area contributed by atoms with Gasteiger partial charge in [0.05, 0.1) is 5.71 Å². The Morgan fingerprint density at radius 2 is 1.21 bits per heavy atom. The molecule has 0 aromatic heterocycles. The van der Waals surface area contributed by atoms with Crippen LogP contribution >= 0.6 is 0 Å². The number of hydroxylamine groups is 1. The monoisotopic (exact) mass is 495 g/mol. The van der Waals surface area contributed by atoms with Gasteiger partial charge in [-0.1, -0.05) is 79.7 Å². The number of benzene rings is 3. The number of carbonyl (C=O) groups is 1. The Kier molecular flexibility index (Phi) is 14.3. The molecule has 3 aromatic carbocycles. The molecule has 0 atom stereocenters. The molecule has 1 amide bonds. The summed E-state index contributed by atoms with van der Waals surface area (Å²) in [4.78, 5) is 11.8. The molecular formula is C25H22N3O5V-5. The first-order chi connectivity index (χ1) is 15.4. The van der Waals surface area contributed by atoms with Gasteiger partial charge in [0, 0.05) is 35.7 Å². The summed E-state index contributed by atoms with van der Waals surface area (Å²) in [5.41, 5.74) is 1.62. The maximum absolute atomic E-state index is 11.8. The fraction of sp³-hybridized carbons (Fsp3) is 0.0800. The molecule has 3 aromatic rings. The normalized spacial score (nSPS) is 11.2. The quantitative estimate of drug-likeness (QED) is 0.232. The summed E-state index contributed by atoms with van der Waals surface area (Å²) in [6, 6.07) is 25.6. The van der Waals surface area contributed by atoms with E-state index in [-0.39, 0.29) is 29.8 Å². The number of carbonyl (C=O) groups excluding carboxylic acids is 1. The Hall–Kier alpha value is -3.69. The molecule has 34 heavy (non-hydrogen) atoms. The van der Waals surface area contributed by atoms with Gasteiger partial charge < -0.3 is 26.0 Å². The average Bonchev–Trinajstić information content (AvgIpc) is 2.83. The predicted molar refractivity (Wildman–Crippen MR) is 124 cm³/mol. The zero-order chi connectivity index (χ0) is 23.3. The van der Waals surface area contributed by atoms with Gasteiger partial charge in [0.25, 0.3) is 0 Å². The number of para-hydroxylation sites is 1. The van der Waals surface area contributed by atoms with Crippen LogP contribution in [0.25, 0.3) is 0 Å². The summed E-state index contributed by atoms with van der Waals surface area (Å²) in [7, 11) is 0. The van der Waals surface area contributed by atoms with Gasteiger partial charge in [-0.3, -0.25) is 4.79 Å². The number of anilines is 1. The molecule has 0 aliphatic carbocycles. The minimum Gasteiger partial charge on any atom is -2.00 e. The zero-order valence-corrected chi connectivity index (χ0v) is 20.0. The topological polar surface area (TPSA) is 143 Å². The van der Waals surface area contributed by atoms with Crippen molar-refractivity contribution < 1.29 is 39.0 Å². The van der Waals surface area contributed by atoms with Gasteiger partial charge in [-0.25, -0.2) is 0 Å². The molecule has 8 nitrogen and oxygen atoms in total. The molecule has 0 heterocycles. The number of amides is 1. The fourth-order valence-electron chi connectivity index (χ4n) is 2.46. The van der Waals surface area contributed by atoms with Crippen LogP contribution in [0.15, 0.2) is 113 Å². The second-order valence-electron chi connectivity index (χ2n) is 6.57. The van der Waals surface area contributed by atoms with E-state index in [4.69, 9.17) is 0 Å². The van der Waals surface area contributed by atoms with Crippen LogP contribution in [0.1, 0.15) is 29.8 Å². The molecule has 0 N–H and O–H groups in total. The van der Waals surface area contributed by atoms with Crippen molar-refractivity contribution in [2.75, 3.05) is 5.06 Å². The van der Waals surface area contributed by atoms with Crippen molar-refractivity contribution in [3.8, 4) is 0 Å². The molecule has 0 saturated heterocycles. The molecule has 0 spiro atoms. The molecule has 0 bridgehead atoms. The first-order valence-corrected chi connectivity index (χ1v) is 9.70. The maximum atomic E-state index is 11.8. The third-order valence-electron chi connectivity index (χ3n) is 3.93. The van der Waals surface area contributed by atoms with Crippen molar-refractivity contribution in [3.63, 3.8) is 0 Å². The number of allylic oxidation sites excluding steroid dienone is 2. The van der Waals surface area contributed by atoms with Gasteiger partial charge in [-0.15, -0.1) is 5.76 Å². The Morgan fingerprint density at radius 1 is 0.765 bits per heavy atom. The Balaban J connectivity index is 0.000000605. The Morgan fingerprint density at radius 3 is 1.68 bits per heavy atom. The summed E-state index contributed by atoms with van der Waals surface area (Å²) in [5, 5.41) is 41.4. The minimum atomic E-state index is -0.549. The molecule has 1 radical (unpaired) electrons. The van der Waals surface area contributed by atoms with Gasteiger partial charge in [0.15, 0.2) is 0 Å². The third kappa shape index (κ3) is 10.3. The number of rotatable bonds is 5. The van der Waals surface area contributed by atoms with Gasteiger partial charge >= 0.3 is 0 Å². The predicted octanol–water partition coefficient (Wildman–Crippen LogP) is 3.14. The van der Waals surface area contributed by atoms with Crippen molar-refractivity contribution in [2.24, 2.45) is 10.2 Å². The van der Waals surface area contributed by atoms with E-state index in [0.29, 0.717) is 27.6 Å². The summed E-state index contributed by atoms with van der Waals surface area (Å²) >= 11 is 0. The summed E-state index contributed by atoms with van der Waals surface area (Å²) in [5.74, 6) is -1.09. The first-order valence-electron chi connectivity index (χ1n) is 9.70. The SMILES string of the molecule is C/C([O-])=C/C(C)=N/N=C(\[O-])c1ccccc1.O=C(c1ccccc1)N([O-])c1ccccc1.[O-2].[V]. The molecule has 0 aliphatic heterocycles. The standard InChI is InChI=1S/C13H10NO2.C12H14N2O2.O.V/c15-13(11-7-3-1-4-8-11)14(16)12-9-5-2-6-10-12;1-9(8-10(2)15)13-14-12(16)11-6-4-3-5-7-11;;/h1-10H;3-8,15H,1-2H3,(H,14,16);;/q-1;;-2;/p-2/b;10-8-,13-9+;;. The van der Waals surface area contributed by atoms with E-state index in [1.807, 2.05) is 6.07 Å². The van der Waals surface area contributed by atoms with Gasteiger partial charge in [0.2, 0.25) is 5.91 Å². The molecule has 0 unspecified atom stereocenters. The van der Waals surface area contributed by atoms with Crippen molar-refractivity contribution in [2.45, 2.75) is 13.8 Å². The Labute approximate surface area is 210 Å². The molecular weight excluding hydrogens is 473 g/mol. The van der Waals surface area contributed by atoms with Crippen LogP contribution in [-0.4, -0.2) is 17.5 Å². The number of hydrogen-bond donors (Lipinski definition) is 0. The zero-order valence-electron chi connectivity index (χ0n) is 18.6. The van der Waals surface area contributed by atoms with E-state index >= 15 is 0 Å². The van der Waals surface area contributed by atoms with Crippen molar-refractivity contribution >= 4 is 23.2 Å². The van der Waals surface area contributed by atoms with Crippen LogP contribution in [0.4, 0.5) is 5.69 Å². The van der Waals surface area contributed by atoms with E-state index in [2.05, 4.69) is 10.2 Å². The third-order valence-corrected chi connectivity index (χ3v) is 3.93. The molecule has 177 valence electrons. The van der Waals surface area contributed by atoms with Crippen molar-refractivity contribution in [1.29, 1.82) is 0 Å². The van der Waals surface area contributed by atoms with Crippen LogP contribution in [0, 0.1) is 5.21 Å². The van der Waals surface area contributed by atoms with Gasteiger partial charge in [-0.05, 0) is 36.8 Å². The van der Waals surface area contributed by atoms with E-state index < -0.39 is 11.8 Å². The second-order valence-corrected chi connectivity index (χ2v) is 6.57. The minimum absolute atomic E-state index is 0. The van der Waals surface area contributed by atoms with E-state index in [9.17, 15) is 20.2 Å². The second kappa shape index (κ2) is 16.0. The summed E-state index contributed by atoms with van der Waals surface area (Å²) < 4.78 is 0. The first kappa shape index (κ1) is 30.3. The van der Waals surface area contributed by atoms with Crippen LogP contribution in [-0.2, 0) is 24.0 Å². The summed E-state index contributed by atoms with van der Waals surface area (Å²) in [6.45, 7) is 3.03. The fourth-order valence-corrected chi connectivity index (χ4v) is 2.46. The summed E-state index contributed by atoms with van der Waals surface area (Å²) in [6.07, 6.45) is 1.32. The van der Waals surface area contributed by atoms with Crippen molar-refractivity contribution in [3.05, 3.63) is 119 Å². The largest absolute Gasteiger partial charge is 2.00 e. The van der Waals surface area contributed by atoms with Crippen molar-refractivity contribution in [1.82, 2.24) is 0 Å². The van der Waals surface area contributed by atoms with Crippen LogP contribution < -0.4 is 15.3 Å². The number of nitrogens with zero attached hydrogens (tertiary/aromatic N) is 3. The smallest absolute Gasteiger partial charge is 0.247 e. The molecule has 9 heteroatoms. The number of hydrogen-bond acceptors (Lipinski definition) is 6. The molecule has 0 fully saturated rings. The molecule has 0 saturated carbocycles. The van der Waals surface area contributed by atoms with E-state index in [0.717, 1.165) is 0 Å². The van der Waals surface area contributed by atoms with Crippen LogP contribution in [0.2, 0.25) is 0 Å². The molecule has 3 rings (SSSR count). The average molecular weight is 495 g/mol. The van der Waals surface area contributed by atoms with E-state index in [1.54, 1.807) is 91.9 Å². The Bertz CT molecular complexity index is 1090. The maximum Gasteiger partial charge on any atom is 0.247 e. The van der Waals surface area contributed by atoms with Crippen LogP contribution in [0.3, 0.4) is 0 Å². The van der Waals surface area contributed by atoms with Gasteiger partial charge in [-0.2, -0.15) is 10.2 Å². The molecule has 0 aliphatic rings.